The van der Waals surface area contributed by atoms with Crippen LogP contribution in [0, 0.1) is 0 Å². The van der Waals surface area contributed by atoms with Gasteiger partial charge in [-0.05, 0) is 0 Å². The largest absolute Gasteiger partial charge is 0.549 e. The van der Waals surface area contributed by atoms with Gasteiger partial charge < -0.3 is 30.7 Å². The van der Waals surface area contributed by atoms with E-state index >= 15 is 0 Å². The number of carboxylic acid groups (broad SMARTS) is 4. The van der Waals surface area contributed by atoms with Gasteiger partial charge in [-0.3, -0.25) is 24.2 Å². The molecule has 5 N–H and O–H groups in total. The Labute approximate surface area is 119 Å². The van der Waals surface area contributed by atoms with Crippen LogP contribution in [0.4, 0.5) is 0 Å². The Hall–Kier alpha value is -2.24. The van der Waals surface area contributed by atoms with Gasteiger partial charge in [-0.25, -0.2) is 0 Å². The van der Waals surface area contributed by atoms with E-state index in [9.17, 15) is 24.3 Å². The van der Waals surface area contributed by atoms with Gasteiger partial charge in [-0.2, -0.15) is 0 Å². The fourth-order valence-electron chi connectivity index (χ4n) is 1.47. The van der Waals surface area contributed by atoms with E-state index in [2.05, 4.69) is 0 Å². The summed E-state index contributed by atoms with van der Waals surface area (Å²) in [6.45, 7) is -2.50. The van der Waals surface area contributed by atoms with Gasteiger partial charge in [0.15, 0.2) is 0 Å². The van der Waals surface area contributed by atoms with Crippen molar-refractivity contribution in [1.82, 2.24) is 9.80 Å². The lowest BCUT2D eigenvalue weighted by atomic mass is 10.4. The lowest BCUT2D eigenvalue weighted by molar-refractivity contribution is -0.306. The summed E-state index contributed by atoms with van der Waals surface area (Å²) < 4.78 is 0. The van der Waals surface area contributed by atoms with Crippen LogP contribution in [-0.4, -0.2) is 93.7 Å². The second-order valence-corrected chi connectivity index (χ2v) is 3.97. The van der Waals surface area contributed by atoms with E-state index in [1.807, 2.05) is 0 Å². The molecule has 0 saturated carbocycles. The van der Waals surface area contributed by atoms with E-state index in [1.165, 1.54) is 0 Å². The number of carbonyl (C=O) groups excluding carboxylic acids is 1. The van der Waals surface area contributed by atoms with Crippen molar-refractivity contribution in [3.8, 4) is 0 Å². The molecule has 0 rings (SSSR count). The molecule has 0 amide bonds. The number of carbonyl (C=O) groups is 4. The average molecular weight is 309 g/mol. The van der Waals surface area contributed by atoms with E-state index in [0.717, 1.165) is 9.80 Å². The Morgan fingerprint density at radius 1 is 0.714 bits per heavy atom. The van der Waals surface area contributed by atoms with Gasteiger partial charge in [-0.1, -0.05) is 0 Å². The predicted octanol–water partition coefficient (Wildman–Crippen LogP) is -4.23. The maximum absolute atomic E-state index is 10.5. The molecule has 0 saturated heterocycles. The van der Waals surface area contributed by atoms with Gasteiger partial charge in [0.1, 0.15) is 0 Å². The topological polar surface area (TPSA) is 190 Å². The van der Waals surface area contributed by atoms with Crippen molar-refractivity contribution in [3.63, 3.8) is 0 Å². The fourth-order valence-corrected chi connectivity index (χ4v) is 1.47. The SMILES string of the molecule is O.O=C([O-])CN(CCN(CC(=O)O)CC(=O)O)CC(=O)O. The lowest BCUT2D eigenvalue weighted by Gasteiger charge is -2.24. The number of nitrogens with zero attached hydrogens (tertiary/aromatic N) is 2. The van der Waals surface area contributed by atoms with Gasteiger partial charge in [0, 0.05) is 19.6 Å². The van der Waals surface area contributed by atoms with Crippen LogP contribution in [0.3, 0.4) is 0 Å². The van der Waals surface area contributed by atoms with Crippen molar-refractivity contribution in [3.05, 3.63) is 0 Å². The van der Waals surface area contributed by atoms with Crippen LogP contribution >= 0.6 is 0 Å². The Balaban J connectivity index is 0. The second-order valence-electron chi connectivity index (χ2n) is 3.97. The first-order chi connectivity index (χ1) is 9.20. The smallest absolute Gasteiger partial charge is 0.317 e. The molecule has 21 heavy (non-hydrogen) atoms. The standard InChI is InChI=1S/C10H16N2O8.H2O/c13-7(14)3-11(4-8(15)16)1-2-12(5-9(17)18)6-10(19)20;/h1-6H2,(H,13,14)(H,15,16)(H,17,18)(H,19,20);1H2/p-1. The van der Waals surface area contributed by atoms with Crippen molar-refractivity contribution >= 4 is 23.9 Å². The first-order valence-electron chi connectivity index (χ1n) is 5.50. The quantitative estimate of drug-likeness (QED) is 0.337. The number of carboxylic acids is 4. The summed E-state index contributed by atoms with van der Waals surface area (Å²) in [5, 5.41) is 36.3. The Morgan fingerprint density at radius 2 is 1.00 bits per heavy atom. The number of rotatable bonds is 11. The molecule has 0 aliphatic heterocycles. The van der Waals surface area contributed by atoms with Gasteiger partial charge in [-0.15, -0.1) is 0 Å². The minimum absolute atomic E-state index is 0. The molecule has 0 fully saturated rings. The highest BCUT2D eigenvalue weighted by molar-refractivity contribution is 5.73. The highest BCUT2D eigenvalue weighted by Crippen LogP contribution is 1.93. The minimum atomic E-state index is -1.48. The van der Waals surface area contributed by atoms with Gasteiger partial charge in [0.2, 0.25) is 0 Å². The molecule has 0 aliphatic carbocycles. The van der Waals surface area contributed by atoms with Gasteiger partial charge >= 0.3 is 17.9 Å². The van der Waals surface area contributed by atoms with E-state index in [1.54, 1.807) is 0 Å². The molecule has 11 nitrogen and oxygen atoms in total. The number of aliphatic carboxylic acids is 4. The summed E-state index contributed by atoms with van der Waals surface area (Å²) in [4.78, 5) is 44.1. The van der Waals surface area contributed by atoms with Crippen molar-refractivity contribution in [1.29, 1.82) is 0 Å². The number of hydrogen-bond acceptors (Lipinski definition) is 7. The summed E-state index contributed by atoms with van der Waals surface area (Å²) in [5.41, 5.74) is 0. The molecule has 0 atom stereocenters. The van der Waals surface area contributed by atoms with Crippen LogP contribution < -0.4 is 5.11 Å². The molecule has 0 aliphatic rings. The summed E-state index contributed by atoms with van der Waals surface area (Å²) in [7, 11) is 0. The van der Waals surface area contributed by atoms with Crippen LogP contribution in [0.1, 0.15) is 0 Å². The summed E-state index contributed by atoms with van der Waals surface area (Å²) in [6.07, 6.45) is 0. The molecule has 11 heteroatoms. The van der Waals surface area contributed by atoms with Crippen LogP contribution in [-0.2, 0) is 19.2 Å². The third-order valence-corrected chi connectivity index (χ3v) is 2.16. The molecule has 0 spiro atoms. The van der Waals surface area contributed by atoms with Gasteiger partial charge in [0.05, 0.1) is 25.6 Å². The van der Waals surface area contributed by atoms with Crippen LogP contribution in [0.5, 0.6) is 0 Å². The maximum Gasteiger partial charge on any atom is 0.317 e. The molecule has 0 heterocycles. The Morgan fingerprint density at radius 3 is 1.24 bits per heavy atom. The predicted molar refractivity (Wildman–Crippen MR) is 64.4 cm³/mol. The maximum atomic E-state index is 10.5. The molecule has 0 bridgehead atoms. The molecular formula is C10H17N2O9-. The summed E-state index contributed by atoms with van der Waals surface area (Å²) in [5.74, 6) is -5.21. The highest BCUT2D eigenvalue weighted by Gasteiger charge is 2.16. The van der Waals surface area contributed by atoms with Crippen LogP contribution in [0.15, 0.2) is 0 Å². The van der Waals surface area contributed by atoms with E-state index < -0.39 is 50.1 Å². The lowest BCUT2D eigenvalue weighted by Crippen LogP contribution is -2.45. The third kappa shape index (κ3) is 12.5. The molecule has 0 radical (unpaired) electrons. The fraction of sp³-hybridized carbons (Fsp3) is 0.600. The first kappa shape index (κ1) is 21.1. The highest BCUT2D eigenvalue weighted by atomic mass is 16.4. The minimum Gasteiger partial charge on any atom is -0.549 e. The van der Waals surface area contributed by atoms with Crippen molar-refractivity contribution in [2.45, 2.75) is 0 Å². The van der Waals surface area contributed by atoms with E-state index in [4.69, 9.17) is 15.3 Å². The van der Waals surface area contributed by atoms with Crippen molar-refractivity contribution in [2.75, 3.05) is 39.3 Å². The monoisotopic (exact) mass is 309 g/mol. The second kappa shape index (κ2) is 10.5. The molecule has 122 valence electrons. The molecule has 0 aromatic carbocycles. The first-order valence-corrected chi connectivity index (χ1v) is 5.50. The normalized spacial score (nSPS) is 10.2. The molecular weight excluding hydrogens is 292 g/mol. The van der Waals surface area contributed by atoms with Crippen molar-refractivity contribution < 1.29 is 45.1 Å². The Bertz CT molecular complexity index is 317. The molecule has 0 aromatic heterocycles. The molecule has 0 unspecified atom stereocenters. The average Bonchev–Trinajstić information content (AvgIpc) is 2.22. The summed E-state index contributed by atoms with van der Waals surface area (Å²) >= 11 is 0. The zero-order chi connectivity index (χ0) is 15.7. The zero-order valence-corrected chi connectivity index (χ0v) is 11.0. The van der Waals surface area contributed by atoms with Crippen LogP contribution in [0.2, 0.25) is 0 Å². The number of hydrogen-bond donors (Lipinski definition) is 3. The zero-order valence-electron chi connectivity index (χ0n) is 11.0. The van der Waals surface area contributed by atoms with Crippen molar-refractivity contribution in [2.24, 2.45) is 0 Å². The van der Waals surface area contributed by atoms with Crippen LogP contribution in [0.25, 0.3) is 0 Å². The van der Waals surface area contributed by atoms with E-state index in [0.29, 0.717) is 0 Å². The Kier molecular flexibility index (Phi) is 10.6. The van der Waals surface area contributed by atoms with E-state index in [-0.39, 0.29) is 18.6 Å². The molecule has 0 aromatic rings. The summed E-state index contributed by atoms with van der Waals surface area (Å²) in [6, 6.07) is 0. The third-order valence-electron chi connectivity index (χ3n) is 2.16. The van der Waals surface area contributed by atoms with Gasteiger partial charge in [0.25, 0.3) is 0 Å².